The van der Waals surface area contributed by atoms with Crippen molar-refractivity contribution in [3.63, 3.8) is 0 Å². The molecule has 1 atom stereocenters. The maximum absolute atomic E-state index is 6.93. The number of aryl methyl sites for hydroxylation is 1. The van der Waals surface area contributed by atoms with Crippen LogP contribution >= 0.6 is 11.6 Å². The smallest absolute Gasteiger partial charge is 0.0409 e. The first-order valence-electron chi connectivity index (χ1n) is 8.39. The second-order valence-electron chi connectivity index (χ2n) is 7.65. The van der Waals surface area contributed by atoms with Gasteiger partial charge in [-0.25, -0.2) is 0 Å². The third-order valence-corrected chi connectivity index (χ3v) is 6.84. The molecule has 4 bridgehead atoms. The average Bonchev–Trinajstić information content (AvgIpc) is 2.40. The second kappa shape index (κ2) is 5.05. The zero-order valence-electron chi connectivity index (χ0n) is 12.4. The molecule has 0 N–H and O–H groups in total. The van der Waals surface area contributed by atoms with Gasteiger partial charge in [0, 0.05) is 5.38 Å². The van der Waals surface area contributed by atoms with Crippen molar-refractivity contribution in [2.75, 3.05) is 0 Å². The molecule has 0 amide bonds. The van der Waals surface area contributed by atoms with Crippen LogP contribution in [0, 0.1) is 36.5 Å². The van der Waals surface area contributed by atoms with E-state index in [1.807, 2.05) is 0 Å². The zero-order chi connectivity index (χ0) is 13.7. The monoisotopic (exact) mass is 288 g/mol. The van der Waals surface area contributed by atoms with Gasteiger partial charge in [0.15, 0.2) is 0 Å². The van der Waals surface area contributed by atoms with E-state index in [1.54, 1.807) is 0 Å². The van der Waals surface area contributed by atoms with Gasteiger partial charge in [-0.3, -0.25) is 0 Å². The Kier molecular flexibility index (Phi) is 3.33. The highest BCUT2D eigenvalue weighted by Crippen LogP contribution is 2.58. The van der Waals surface area contributed by atoms with Crippen molar-refractivity contribution < 1.29 is 0 Å². The minimum atomic E-state index is 0.353. The van der Waals surface area contributed by atoms with Crippen molar-refractivity contribution in [3.05, 3.63) is 35.4 Å². The van der Waals surface area contributed by atoms with E-state index in [9.17, 15) is 0 Å². The van der Waals surface area contributed by atoms with Gasteiger partial charge in [0.25, 0.3) is 0 Å². The average molecular weight is 289 g/mol. The summed E-state index contributed by atoms with van der Waals surface area (Å²) in [4.78, 5) is 0. The molecule has 4 fully saturated rings. The van der Waals surface area contributed by atoms with E-state index in [0.717, 1.165) is 36.0 Å². The third-order valence-electron chi connectivity index (χ3n) is 6.39. The van der Waals surface area contributed by atoms with Crippen LogP contribution in [0.15, 0.2) is 24.3 Å². The summed E-state index contributed by atoms with van der Waals surface area (Å²) in [6.45, 7) is 2.22. The van der Waals surface area contributed by atoms with Crippen molar-refractivity contribution in [1.29, 1.82) is 0 Å². The lowest BCUT2D eigenvalue weighted by Crippen LogP contribution is -2.48. The highest BCUT2D eigenvalue weighted by molar-refractivity contribution is 6.21. The quantitative estimate of drug-likeness (QED) is 0.669. The van der Waals surface area contributed by atoms with E-state index in [0.29, 0.717) is 5.38 Å². The minimum absolute atomic E-state index is 0.353. The normalized spacial score (nSPS) is 40.0. The fourth-order valence-electron chi connectivity index (χ4n) is 5.74. The van der Waals surface area contributed by atoms with Crippen molar-refractivity contribution in [2.24, 2.45) is 29.6 Å². The Morgan fingerprint density at radius 3 is 2.20 bits per heavy atom. The van der Waals surface area contributed by atoms with E-state index in [-0.39, 0.29) is 0 Å². The molecule has 0 aliphatic heterocycles. The molecule has 0 heterocycles. The summed E-state index contributed by atoms with van der Waals surface area (Å²) in [5.41, 5.74) is 2.86. The van der Waals surface area contributed by atoms with Gasteiger partial charge in [0.2, 0.25) is 0 Å². The molecule has 4 aliphatic rings. The summed E-state index contributed by atoms with van der Waals surface area (Å²) in [5, 5.41) is 0.353. The molecule has 108 valence electrons. The highest BCUT2D eigenvalue weighted by atomic mass is 35.5. The van der Waals surface area contributed by atoms with E-state index < -0.39 is 0 Å². The predicted molar refractivity (Wildman–Crippen MR) is 85.1 cm³/mol. The van der Waals surface area contributed by atoms with Crippen molar-refractivity contribution in [3.8, 4) is 0 Å². The first-order chi connectivity index (χ1) is 9.70. The maximum Gasteiger partial charge on any atom is 0.0409 e. The summed E-state index contributed by atoms with van der Waals surface area (Å²) in [7, 11) is 0. The van der Waals surface area contributed by atoms with Gasteiger partial charge in [-0.1, -0.05) is 24.3 Å². The van der Waals surface area contributed by atoms with Gasteiger partial charge in [-0.05, 0) is 86.2 Å². The molecular weight excluding hydrogens is 264 g/mol. The summed E-state index contributed by atoms with van der Waals surface area (Å²) >= 11 is 6.93. The van der Waals surface area contributed by atoms with E-state index in [2.05, 4.69) is 31.2 Å². The predicted octanol–water partition coefficient (Wildman–Crippen LogP) is 5.22. The van der Waals surface area contributed by atoms with Crippen molar-refractivity contribution >= 4 is 11.6 Å². The SMILES string of the molecule is Cc1ccccc1CC(Cl)C1C2CC3CC(C2)CC1C3. The Morgan fingerprint density at radius 2 is 1.60 bits per heavy atom. The number of hydrogen-bond acceptors (Lipinski definition) is 0. The van der Waals surface area contributed by atoms with E-state index in [4.69, 9.17) is 11.6 Å². The van der Waals surface area contributed by atoms with Crippen LogP contribution in [0.5, 0.6) is 0 Å². The summed E-state index contributed by atoms with van der Waals surface area (Å²) in [6.07, 6.45) is 8.53. The zero-order valence-corrected chi connectivity index (χ0v) is 13.2. The Labute approximate surface area is 127 Å². The molecule has 1 aromatic rings. The molecule has 4 saturated carbocycles. The molecule has 1 unspecified atom stereocenters. The molecule has 0 aromatic heterocycles. The molecule has 5 rings (SSSR count). The molecular formula is C19H25Cl. The first kappa shape index (κ1) is 13.2. The van der Waals surface area contributed by atoms with Crippen LogP contribution in [0.1, 0.15) is 43.2 Å². The fraction of sp³-hybridized carbons (Fsp3) is 0.684. The van der Waals surface area contributed by atoms with Crippen LogP contribution in [0.3, 0.4) is 0 Å². The van der Waals surface area contributed by atoms with E-state index >= 15 is 0 Å². The van der Waals surface area contributed by atoms with Gasteiger partial charge in [-0.2, -0.15) is 0 Å². The molecule has 0 spiro atoms. The molecule has 20 heavy (non-hydrogen) atoms. The molecule has 0 radical (unpaired) electrons. The van der Waals surface area contributed by atoms with Gasteiger partial charge in [0.05, 0.1) is 0 Å². The lowest BCUT2D eigenvalue weighted by molar-refractivity contribution is -0.0376. The number of halogens is 1. The summed E-state index contributed by atoms with van der Waals surface area (Å²) in [6, 6.07) is 8.77. The standard InChI is InChI=1S/C19H25Cl/c1-12-4-2-3-5-15(12)11-18(20)19-16-7-13-6-14(9-16)10-17(19)8-13/h2-5,13-14,16-19H,6-11H2,1H3. The third kappa shape index (κ3) is 2.21. The largest absolute Gasteiger partial charge is 0.122 e. The summed E-state index contributed by atoms with van der Waals surface area (Å²) < 4.78 is 0. The lowest BCUT2D eigenvalue weighted by Gasteiger charge is -2.55. The van der Waals surface area contributed by atoms with Crippen LogP contribution in [0.25, 0.3) is 0 Å². The molecule has 0 saturated heterocycles. The molecule has 1 heteroatoms. The Bertz CT molecular complexity index is 464. The van der Waals surface area contributed by atoms with Gasteiger partial charge >= 0.3 is 0 Å². The highest BCUT2D eigenvalue weighted by Gasteiger charge is 2.50. The molecule has 4 aliphatic carbocycles. The maximum atomic E-state index is 6.93. The molecule has 0 nitrogen and oxygen atoms in total. The van der Waals surface area contributed by atoms with Gasteiger partial charge in [-0.15, -0.1) is 11.6 Å². The Hall–Kier alpha value is -0.490. The lowest BCUT2D eigenvalue weighted by atomic mass is 9.51. The molecule has 1 aromatic carbocycles. The fourth-order valence-corrected chi connectivity index (χ4v) is 6.32. The van der Waals surface area contributed by atoms with Crippen LogP contribution in [-0.2, 0) is 6.42 Å². The van der Waals surface area contributed by atoms with Crippen molar-refractivity contribution in [2.45, 2.75) is 50.8 Å². The topological polar surface area (TPSA) is 0 Å². The number of hydrogen-bond donors (Lipinski definition) is 0. The Balaban J connectivity index is 1.51. The van der Waals surface area contributed by atoms with E-state index in [1.165, 1.54) is 43.2 Å². The Morgan fingerprint density at radius 1 is 1.00 bits per heavy atom. The van der Waals surface area contributed by atoms with Crippen molar-refractivity contribution in [1.82, 2.24) is 0 Å². The second-order valence-corrected chi connectivity index (χ2v) is 8.22. The first-order valence-corrected chi connectivity index (χ1v) is 8.83. The van der Waals surface area contributed by atoms with Crippen LogP contribution in [0.2, 0.25) is 0 Å². The number of alkyl halides is 1. The van der Waals surface area contributed by atoms with Gasteiger partial charge in [0.1, 0.15) is 0 Å². The van der Waals surface area contributed by atoms with Crippen LogP contribution in [0.4, 0.5) is 0 Å². The summed E-state index contributed by atoms with van der Waals surface area (Å²) in [5.74, 6) is 4.78. The minimum Gasteiger partial charge on any atom is -0.122 e. The number of rotatable bonds is 3. The van der Waals surface area contributed by atoms with Crippen LogP contribution in [-0.4, -0.2) is 5.38 Å². The van der Waals surface area contributed by atoms with Gasteiger partial charge < -0.3 is 0 Å². The van der Waals surface area contributed by atoms with Crippen LogP contribution < -0.4 is 0 Å². The number of benzene rings is 1.